The summed E-state index contributed by atoms with van der Waals surface area (Å²) >= 11 is 0. The zero-order valence-corrected chi connectivity index (χ0v) is 11.9. The topological polar surface area (TPSA) is 38.9 Å². The minimum absolute atomic E-state index is 0.0384. The van der Waals surface area contributed by atoms with Gasteiger partial charge in [-0.05, 0) is 40.7 Å². The van der Waals surface area contributed by atoms with E-state index < -0.39 is 0 Å². The van der Waals surface area contributed by atoms with Crippen LogP contribution in [0.4, 0.5) is 0 Å². The summed E-state index contributed by atoms with van der Waals surface area (Å²) in [5, 5.41) is 0. The van der Waals surface area contributed by atoms with Gasteiger partial charge in [0.2, 0.25) is 0 Å². The number of rotatable bonds is 3. The van der Waals surface area contributed by atoms with E-state index in [1.165, 1.54) is 16.7 Å². The number of pyridine rings is 1. The quantitative estimate of drug-likeness (QED) is 0.908. The molecule has 0 radical (unpaired) electrons. The lowest BCUT2D eigenvalue weighted by atomic mass is 9.86. The molecule has 1 aromatic carbocycles. The van der Waals surface area contributed by atoms with Crippen molar-refractivity contribution in [1.29, 1.82) is 0 Å². The Bertz CT molecular complexity index is 509. The number of aromatic nitrogens is 1. The van der Waals surface area contributed by atoms with E-state index in [2.05, 4.69) is 50.0 Å². The molecule has 1 atom stereocenters. The normalized spacial score (nSPS) is 13.3. The van der Waals surface area contributed by atoms with Gasteiger partial charge >= 0.3 is 0 Å². The van der Waals surface area contributed by atoms with Gasteiger partial charge in [-0.3, -0.25) is 4.98 Å². The van der Waals surface area contributed by atoms with Crippen LogP contribution in [0, 0.1) is 0 Å². The van der Waals surface area contributed by atoms with Crippen LogP contribution >= 0.6 is 0 Å². The molecule has 1 unspecified atom stereocenters. The molecular weight excluding hydrogens is 232 g/mol. The largest absolute Gasteiger partial charge is 0.324 e. The predicted octanol–water partition coefficient (Wildman–Crippen LogP) is 3.62. The van der Waals surface area contributed by atoms with Crippen molar-refractivity contribution in [3.8, 4) is 0 Å². The molecule has 0 spiro atoms. The molecule has 2 N–H and O–H groups in total. The van der Waals surface area contributed by atoms with Gasteiger partial charge in [-0.25, -0.2) is 0 Å². The van der Waals surface area contributed by atoms with Crippen molar-refractivity contribution in [2.24, 2.45) is 5.73 Å². The lowest BCUT2D eigenvalue weighted by Crippen LogP contribution is -2.15. The minimum atomic E-state index is 0.0384. The van der Waals surface area contributed by atoms with Crippen molar-refractivity contribution in [1.82, 2.24) is 4.98 Å². The van der Waals surface area contributed by atoms with E-state index in [1.54, 1.807) is 0 Å². The summed E-state index contributed by atoms with van der Waals surface area (Å²) in [5.41, 5.74) is 10.2. The molecule has 2 aromatic rings. The van der Waals surface area contributed by atoms with Gasteiger partial charge in [0.1, 0.15) is 0 Å². The zero-order chi connectivity index (χ0) is 13.9. The third-order valence-corrected chi connectivity index (χ3v) is 3.41. The first-order chi connectivity index (χ1) is 8.97. The summed E-state index contributed by atoms with van der Waals surface area (Å²) in [5.74, 6) is 0. The summed E-state index contributed by atoms with van der Waals surface area (Å²) in [4.78, 5) is 4.02. The lowest BCUT2D eigenvalue weighted by Gasteiger charge is -2.20. The second-order valence-corrected chi connectivity index (χ2v) is 6.04. The van der Waals surface area contributed by atoms with Crippen molar-refractivity contribution in [3.05, 3.63) is 65.5 Å². The number of nitrogens with zero attached hydrogens (tertiary/aromatic N) is 1. The number of benzene rings is 1. The Morgan fingerprint density at radius 1 is 1.00 bits per heavy atom. The Balaban J connectivity index is 2.10. The standard InChI is InChI=1S/C17H22N2/c1-17(2,3)15-6-4-14(5-7-15)16(18)12-13-8-10-19-11-9-13/h4-11,16H,12,18H2,1-3H3. The van der Waals surface area contributed by atoms with Crippen molar-refractivity contribution in [2.75, 3.05) is 0 Å². The van der Waals surface area contributed by atoms with Gasteiger partial charge in [-0.15, -0.1) is 0 Å². The zero-order valence-electron chi connectivity index (χ0n) is 11.9. The lowest BCUT2D eigenvalue weighted by molar-refractivity contribution is 0.589. The highest BCUT2D eigenvalue weighted by molar-refractivity contribution is 5.30. The number of nitrogens with two attached hydrogens (primary N) is 1. The Hall–Kier alpha value is -1.67. The fourth-order valence-electron chi connectivity index (χ4n) is 2.12. The van der Waals surface area contributed by atoms with E-state index >= 15 is 0 Å². The Morgan fingerprint density at radius 2 is 1.58 bits per heavy atom. The molecule has 100 valence electrons. The highest BCUT2D eigenvalue weighted by Gasteiger charge is 2.14. The van der Waals surface area contributed by atoms with Crippen molar-refractivity contribution in [3.63, 3.8) is 0 Å². The van der Waals surface area contributed by atoms with Crippen molar-refractivity contribution >= 4 is 0 Å². The summed E-state index contributed by atoms with van der Waals surface area (Å²) in [6.45, 7) is 6.66. The highest BCUT2D eigenvalue weighted by Crippen LogP contribution is 2.24. The molecular formula is C17H22N2. The van der Waals surface area contributed by atoms with E-state index in [1.807, 2.05) is 24.5 Å². The van der Waals surface area contributed by atoms with Gasteiger partial charge in [0.15, 0.2) is 0 Å². The molecule has 2 heteroatoms. The predicted molar refractivity (Wildman–Crippen MR) is 80.0 cm³/mol. The van der Waals surface area contributed by atoms with Gasteiger partial charge in [0, 0.05) is 18.4 Å². The van der Waals surface area contributed by atoms with Crippen LogP contribution in [0.2, 0.25) is 0 Å². The van der Waals surface area contributed by atoms with Crippen molar-refractivity contribution < 1.29 is 0 Å². The molecule has 0 aliphatic carbocycles. The molecule has 0 saturated carbocycles. The Kier molecular flexibility index (Phi) is 4.01. The second kappa shape index (κ2) is 5.54. The fraction of sp³-hybridized carbons (Fsp3) is 0.353. The summed E-state index contributed by atoms with van der Waals surface area (Å²) in [7, 11) is 0. The van der Waals surface area contributed by atoms with Crippen LogP contribution in [0.15, 0.2) is 48.8 Å². The fourth-order valence-corrected chi connectivity index (χ4v) is 2.12. The molecule has 2 rings (SSSR count). The first kappa shape index (κ1) is 13.8. The summed E-state index contributed by atoms with van der Waals surface area (Å²) < 4.78 is 0. The third-order valence-electron chi connectivity index (χ3n) is 3.41. The average Bonchev–Trinajstić information content (AvgIpc) is 2.39. The smallest absolute Gasteiger partial charge is 0.0335 e. The van der Waals surface area contributed by atoms with Crippen LogP contribution in [0.25, 0.3) is 0 Å². The van der Waals surface area contributed by atoms with Gasteiger partial charge in [-0.2, -0.15) is 0 Å². The molecule has 19 heavy (non-hydrogen) atoms. The van der Waals surface area contributed by atoms with Crippen LogP contribution < -0.4 is 5.73 Å². The molecule has 1 heterocycles. The molecule has 0 aliphatic heterocycles. The molecule has 0 amide bonds. The first-order valence-corrected chi connectivity index (χ1v) is 6.72. The molecule has 0 aliphatic rings. The number of hydrogen-bond acceptors (Lipinski definition) is 2. The van der Waals surface area contributed by atoms with E-state index in [0.717, 1.165) is 6.42 Å². The van der Waals surface area contributed by atoms with Gasteiger partial charge in [-0.1, -0.05) is 45.0 Å². The second-order valence-electron chi connectivity index (χ2n) is 6.04. The maximum absolute atomic E-state index is 6.27. The molecule has 2 nitrogen and oxygen atoms in total. The molecule has 1 aromatic heterocycles. The van der Waals surface area contributed by atoms with E-state index in [-0.39, 0.29) is 11.5 Å². The molecule has 0 saturated heterocycles. The van der Waals surface area contributed by atoms with Crippen LogP contribution in [0.3, 0.4) is 0 Å². The van der Waals surface area contributed by atoms with Crippen molar-refractivity contribution in [2.45, 2.75) is 38.6 Å². The van der Waals surface area contributed by atoms with Crippen LogP contribution in [-0.4, -0.2) is 4.98 Å². The van der Waals surface area contributed by atoms with Crippen LogP contribution in [-0.2, 0) is 11.8 Å². The Morgan fingerprint density at radius 3 is 2.11 bits per heavy atom. The van der Waals surface area contributed by atoms with Gasteiger partial charge in [0.05, 0.1) is 0 Å². The SMILES string of the molecule is CC(C)(C)c1ccc(C(N)Cc2ccncc2)cc1. The average molecular weight is 254 g/mol. The maximum atomic E-state index is 6.27. The van der Waals surface area contributed by atoms with E-state index in [9.17, 15) is 0 Å². The monoisotopic (exact) mass is 254 g/mol. The van der Waals surface area contributed by atoms with Crippen LogP contribution in [0.1, 0.15) is 43.5 Å². The van der Waals surface area contributed by atoms with Gasteiger partial charge < -0.3 is 5.73 Å². The van der Waals surface area contributed by atoms with Crippen LogP contribution in [0.5, 0.6) is 0 Å². The minimum Gasteiger partial charge on any atom is -0.324 e. The summed E-state index contributed by atoms with van der Waals surface area (Å²) in [6, 6.07) is 12.7. The Labute approximate surface area is 115 Å². The number of hydrogen-bond donors (Lipinski definition) is 1. The van der Waals surface area contributed by atoms with E-state index in [0.29, 0.717) is 0 Å². The van der Waals surface area contributed by atoms with Gasteiger partial charge in [0.25, 0.3) is 0 Å². The highest BCUT2D eigenvalue weighted by atomic mass is 14.6. The molecule has 0 bridgehead atoms. The maximum Gasteiger partial charge on any atom is 0.0335 e. The molecule has 0 fully saturated rings. The third kappa shape index (κ3) is 3.65. The van der Waals surface area contributed by atoms with E-state index in [4.69, 9.17) is 5.73 Å². The first-order valence-electron chi connectivity index (χ1n) is 6.72. The summed E-state index contributed by atoms with van der Waals surface area (Å²) in [6.07, 6.45) is 4.47.